The van der Waals surface area contributed by atoms with Gasteiger partial charge in [0.2, 0.25) is 17.8 Å². The normalized spacial score (nSPS) is 10.5. The van der Waals surface area contributed by atoms with E-state index in [1.54, 1.807) is 0 Å². The fraction of sp³-hybridized carbons (Fsp3) is 0.0870. The Hall–Kier alpha value is -3.64. The number of anilines is 6. The Morgan fingerprint density at radius 3 is 1.60 bits per heavy atom. The van der Waals surface area contributed by atoms with Crippen molar-refractivity contribution in [1.82, 2.24) is 15.0 Å². The molecular weight excluding hydrogens is 396 g/mol. The molecule has 0 atom stereocenters. The van der Waals surface area contributed by atoms with Gasteiger partial charge in [-0.2, -0.15) is 15.0 Å². The maximum Gasteiger partial charge on any atom is 0.233 e. The van der Waals surface area contributed by atoms with Crippen LogP contribution < -0.4 is 16.0 Å². The van der Waals surface area contributed by atoms with Crippen LogP contribution in [0.4, 0.5) is 34.9 Å². The number of benzene rings is 3. The van der Waals surface area contributed by atoms with Gasteiger partial charge in [-0.25, -0.2) is 0 Å². The fourth-order valence-electron chi connectivity index (χ4n) is 2.93. The largest absolute Gasteiger partial charge is 0.324 e. The molecule has 0 aliphatic rings. The SMILES string of the molecule is Cc1cccc(Nc2nc(Nc3cccc(C)c3)nc(Nc3ccccc3Cl)n2)c1. The minimum atomic E-state index is 0.378. The summed E-state index contributed by atoms with van der Waals surface area (Å²) in [5, 5.41) is 10.3. The Bertz CT molecular complexity index is 1110. The van der Waals surface area contributed by atoms with E-state index in [1.165, 1.54) is 0 Å². The zero-order valence-corrected chi connectivity index (χ0v) is 17.4. The van der Waals surface area contributed by atoms with Crippen LogP contribution in [0.5, 0.6) is 0 Å². The van der Waals surface area contributed by atoms with Gasteiger partial charge in [0, 0.05) is 11.4 Å². The summed E-state index contributed by atoms with van der Waals surface area (Å²) in [6.07, 6.45) is 0. The second-order valence-electron chi connectivity index (χ2n) is 6.90. The predicted molar refractivity (Wildman–Crippen MR) is 123 cm³/mol. The van der Waals surface area contributed by atoms with Gasteiger partial charge in [-0.15, -0.1) is 0 Å². The molecule has 4 rings (SSSR count). The first kappa shape index (κ1) is 19.7. The van der Waals surface area contributed by atoms with Crippen LogP contribution >= 0.6 is 11.6 Å². The zero-order chi connectivity index (χ0) is 20.9. The van der Waals surface area contributed by atoms with Crippen molar-refractivity contribution in [2.75, 3.05) is 16.0 Å². The van der Waals surface area contributed by atoms with Gasteiger partial charge >= 0.3 is 0 Å². The Kier molecular flexibility index (Phi) is 5.77. The second-order valence-corrected chi connectivity index (χ2v) is 7.31. The number of nitrogens with one attached hydrogen (secondary N) is 3. The molecule has 0 saturated heterocycles. The first-order valence-corrected chi connectivity index (χ1v) is 9.88. The summed E-state index contributed by atoms with van der Waals surface area (Å²) in [5.41, 5.74) is 4.79. The van der Waals surface area contributed by atoms with Crippen LogP contribution in [0.3, 0.4) is 0 Å². The number of aromatic nitrogens is 3. The molecule has 3 N–H and O–H groups in total. The molecule has 0 unspecified atom stereocenters. The smallest absolute Gasteiger partial charge is 0.233 e. The molecule has 0 aliphatic carbocycles. The van der Waals surface area contributed by atoms with Gasteiger partial charge in [0.05, 0.1) is 10.7 Å². The van der Waals surface area contributed by atoms with Gasteiger partial charge in [0.15, 0.2) is 0 Å². The minimum Gasteiger partial charge on any atom is -0.324 e. The lowest BCUT2D eigenvalue weighted by atomic mass is 10.2. The highest BCUT2D eigenvalue weighted by molar-refractivity contribution is 6.33. The van der Waals surface area contributed by atoms with Gasteiger partial charge < -0.3 is 16.0 Å². The quantitative estimate of drug-likeness (QED) is 0.339. The van der Waals surface area contributed by atoms with Crippen LogP contribution in [0.2, 0.25) is 5.02 Å². The lowest BCUT2D eigenvalue weighted by Gasteiger charge is -2.12. The summed E-state index contributed by atoms with van der Waals surface area (Å²) in [5.74, 6) is 1.21. The van der Waals surface area contributed by atoms with Gasteiger partial charge in [0.1, 0.15) is 0 Å². The molecule has 1 heterocycles. The number of halogens is 1. The van der Waals surface area contributed by atoms with Crippen LogP contribution in [0.25, 0.3) is 0 Å². The topological polar surface area (TPSA) is 74.8 Å². The van der Waals surface area contributed by atoms with E-state index < -0.39 is 0 Å². The Labute approximate surface area is 180 Å². The van der Waals surface area contributed by atoms with E-state index in [1.807, 2.05) is 86.6 Å². The van der Waals surface area contributed by atoms with Gasteiger partial charge in [-0.05, 0) is 61.4 Å². The van der Waals surface area contributed by atoms with Crippen molar-refractivity contribution in [3.05, 3.63) is 88.9 Å². The highest BCUT2D eigenvalue weighted by Gasteiger charge is 2.10. The van der Waals surface area contributed by atoms with Crippen molar-refractivity contribution in [2.45, 2.75) is 13.8 Å². The number of para-hydroxylation sites is 1. The standard InChI is InChI=1S/C23H21ClN6/c1-15-7-5-9-17(13-15)25-21-28-22(26-18-10-6-8-16(2)14-18)30-23(29-21)27-20-12-4-3-11-19(20)24/h3-14H,1-2H3,(H3,25,26,27,28,29,30). The van der Waals surface area contributed by atoms with E-state index in [0.29, 0.717) is 28.6 Å². The van der Waals surface area contributed by atoms with Crippen molar-refractivity contribution in [3.63, 3.8) is 0 Å². The van der Waals surface area contributed by atoms with Crippen LogP contribution in [0.15, 0.2) is 72.8 Å². The molecule has 0 spiro atoms. The van der Waals surface area contributed by atoms with Crippen molar-refractivity contribution in [1.29, 1.82) is 0 Å². The third-order valence-corrected chi connectivity index (χ3v) is 4.63. The number of hydrogen-bond donors (Lipinski definition) is 3. The monoisotopic (exact) mass is 416 g/mol. The van der Waals surface area contributed by atoms with E-state index >= 15 is 0 Å². The molecule has 0 fully saturated rings. The van der Waals surface area contributed by atoms with Gasteiger partial charge in [-0.3, -0.25) is 0 Å². The van der Waals surface area contributed by atoms with Crippen LogP contribution in [0, 0.1) is 13.8 Å². The molecule has 6 nitrogen and oxygen atoms in total. The zero-order valence-electron chi connectivity index (χ0n) is 16.6. The number of hydrogen-bond acceptors (Lipinski definition) is 6. The molecule has 30 heavy (non-hydrogen) atoms. The number of rotatable bonds is 6. The van der Waals surface area contributed by atoms with E-state index in [4.69, 9.17) is 11.6 Å². The van der Waals surface area contributed by atoms with Gasteiger partial charge in [0.25, 0.3) is 0 Å². The maximum absolute atomic E-state index is 6.28. The highest BCUT2D eigenvalue weighted by atomic mass is 35.5. The van der Waals surface area contributed by atoms with Crippen molar-refractivity contribution in [3.8, 4) is 0 Å². The Morgan fingerprint density at radius 1 is 0.600 bits per heavy atom. The molecule has 3 aromatic carbocycles. The summed E-state index contributed by atoms with van der Waals surface area (Å²) in [4.78, 5) is 13.6. The third-order valence-electron chi connectivity index (χ3n) is 4.30. The Morgan fingerprint density at radius 2 is 1.10 bits per heavy atom. The number of nitrogens with zero attached hydrogens (tertiary/aromatic N) is 3. The van der Waals surface area contributed by atoms with Crippen LogP contribution in [-0.4, -0.2) is 15.0 Å². The lowest BCUT2D eigenvalue weighted by molar-refractivity contribution is 1.06. The molecular formula is C23H21ClN6. The van der Waals surface area contributed by atoms with Crippen molar-refractivity contribution >= 4 is 46.5 Å². The minimum absolute atomic E-state index is 0.378. The molecule has 0 amide bonds. The summed E-state index contributed by atoms with van der Waals surface area (Å²) >= 11 is 6.28. The van der Waals surface area contributed by atoms with E-state index in [2.05, 4.69) is 30.9 Å². The second kappa shape index (κ2) is 8.80. The first-order valence-electron chi connectivity index (χ1n) is 9.50. The van der Waals surface area contributed by atoms with Crippen molar-refractivity contribution < 1.29 is 0 Å². The average Bonchev–Trinajstić information content (AvgIpc) is 2.70. The maximum atomic E-state index is 6.28. The molecule has 4 aromatic rings. The summed E-state index contributed by atoms with van der Waals surface area (Å²) in [7, 11) is 0. The lowest BCUT2D eigenvalue weighted by Crippen LogP contribution is -2.07. The third kappa shape index (κ3) is 5.04. The molecule has 0 saturated carbocycles. The summed E-state index contributed by atoms with van der Waals surface area (Å²) < 4.78 is 0. The molecule has 1 aromatic heterocycles. The summed E-state index contributed by atoms with van der Waals surface area (Å²) in [6, 6.07) is 23.5. The Balaban J connectivity index is 1.68. The highest BCUT2D eigenvalue weighted by Crippen LogP contribution is 2.25. The van der Waals surface area contributed by atoms with Crippen LogP contribution in [0.1, 0.15) is 11.1 Å². The number of aryl methyl sites for hydroxylation is 2. The molecule has 7 heteroatoms. The summed E-state index contributed by atoms with van der Waals surface area (Å²) in [6.45, 7) is 4.07. The first-order chi connectivity index (χ1) is 14.5. The fourth-order valence-corrected chi connectivity index (χ4v) is 3.11. The predicted octanol–water partition coefficient (Wildman–Crippen LogP) is 6.37. The van der Waals surface area contributed by atoms with Crippen LogP contribution in [-0.2, 0) is 0 Å². The van der Waals surface area contributed by atoms with E-state index in [9.17, 15) is 0 Å². The molecule has 0 bridgehead atoms. The molecule has 0 radical (unpaired) electrons. The molecule has 150 valence electrons. The molecule has 0 aliphatic heterocycles. The average molecular weight is 417 g/mol. The van der Waals surface area contributed by atoms with Crippen molar-refractivity contribution in [2.24, 2.45) is 0 Å². The van der Waals surface area contributed by atoms with Gasteiger partial charge in [-0.1, -0.05) is 48.0 Å². The van der Waals surface area contributed by atoms with E-state index in [0.717, 1.165) is 22.5 Å². The van der Waals surface area contributed by atoms with E-state index in [-0.39, 0.29) is 0 Å².